The molecule has 0 saturated carbocycles. The third kappa shape index (κ3) is 1.92. The number of carboxylic acids is 1. The van der Waals surface area contributed by atoms with Crippen LogP contribution in [-0.2, 0) is 19.6 Å². The standard InChI is InChI=1S/C10H17NO5S/c1-6(2)7(5-8(12)13)11-9(14)10(3,4)17(11,15)16/h6-7H,5H2,1-4H3,(H,12,13). The van der Waals surface area contributed by atoms with Crippen molar-refractivity contribution in [3.05, 3.63) is 0 Å². The average Bonchev–Trinajstić information content (AvgIpc) is 2.14. The number of rotatable bonds is 4. The molecule has 17 heavy (non-hydrogen) atoms. The van der Waals surface area contributed by atoms with Crippen LogP contribution in [0.25, 0.3) is 0 Å². The van der Waals surface area contributed by atoms with Gasteiger partial charge in [0.1, 0.15) is 0 Å². The minimum Gasteiger partial charge on any atom is -0.481 e. The average molecular weight is 263 g/mol. The molecule has 0 spiro atoms. The third-order valence-electron chi connectivity index (χ3n) is 3.07. The maximum absolute atomic E-state index is 11.9. The van der Waals surface area contributed by atoms with E-state index in [0.29, 0.717) is 0 Å². The highest BCUT2D eigenvalue weighted by atomic mass is 32.2. The monoisotopic (exact) mass is 263 g/mol. The second-order valence-corrected chi connectivity index (χ2v) is 7.39. The van der Waals surface area contributed by atoms with E-state index in [2.05, 4.69) is 0 Å². The largest absolute Gasteiger partial charge is 0.481 e. The van der Waals surface area contributed by atoms with Crippen LogP contribution in [-0.4, -0.2) is 40.5 Å². The van der Waals surface area contributed by atoms with E-state index < -0.39 is 32.7 Å². The second-order valence-electron chi connectivity index (χ2n) is 5.03. The Hall–Kier alpha value is -1.11. The number of sulfonamides is 1. The van der Waals surface area contributed by atoms with Crippen LogP contribution in [0.2, 0.25) is 0 Å². The molecule has 1 aliphatic rings. The summed E-state index contributed by atoms with van der Waals surface area (Å²) in [6.45, 7) is 6.06. The normalized spacial score (nSPS) is 23.4. The van der Waals surface area contributed by atoms with Crippen LogP contribution >= 0.6 is 0 Å². The topological polar surface area (TPSA) is 91.8 Å². The molecular weight excluding hydrogens is 246 g/mol. The molecule has 0 aliphatic carbocycles. The first kappa shape index (κ1) is 14.0. The van der Waals surface area contributed by atoms with Crippen molar-refractivity contribution < 1.29 is 23.1 Å². The molecule has 1 N–H and O–H groups in total. The van der Waals surface area contributed by atoms with E-state index in [1.165, 1.54) is 13.8 Å². The van der Waals surface area contributed by atoms with E-state index >= 15 is 0 Å². The molecule has 0 bridgehead atoms. The molecule has 7 heteroatoms. The zero-order valence-corrected chi connectivity index (χ0v) is 11.1. The Labute approximate surface area is 101 Å². The van der Waals surface area contributed by atoms with Crippen molar-refractivity contribution >= 4 is 21.9 Å². The van der Waals surface area contributed by atoms with Gasteiger partial charge in [0.15, 0.2) is 4.75 Å². The Bertz CT molecular complexity index is 451. The number of carbonyl (C=O) groups is 2. The van der Waals surface area contributed by atoms with Crippen molar-refractivity contribution in [2.45, 2.75) is 44.9 Å². The zero-order chi connectivity index (χ0) is 13.6. The lowest BCUT2D eigenvalue weighted by atomic mass is 9.99. The molecule has 6 nitrogen and oxygen atoms in total. The first-order valence-corrected chi connectivity index (χ1v) is 6.77. The van der Waals surface area contributed by atoms with E-state index in [9.17, 15) is 18.0 Å². The van der Waals surface area contributed by atoms with Gasteiger partial charge in [-0.1, -0.05) is 13.8 Å². The van der Waals surface area contributed by atoms with Gasteiger partial charge in [-0.05, 0) is 19.8 Å². The van der Waals surface area contributed by atoms with Gasteiger partial charge >= 0.3 is 5.97 Å². The Kier molecular flexibility index (Phi) is 3.26. The number of amides is 1. The third-order valence-corrected chi connectivity index (χ3v) is 5.49. The van der Waals surface area contributed by atoms with Gasteiger partial charge in [0.25, 0.3) is 15.9 Å². The van der Waals surface area contributed by atoms with Crippen LogP contribution in [0.4, 0.5) is 0 Å². The van der Waals surface area contributed by atoms with Gasteiger partial charge in [-0.2, -0.15) is 0 Å². The van der Waals surface area contributed by atoms with Crippen molar-refractivity contribution in [2.24, 2.45) is 5.92 Å². The lowest BCUT2D eigenvalue weighted by Gasteiger charge is -2.47. The molecule has 0 aromatic heterocycles. The Balaban J connectivity index is 3.08. The summed E-state index contributed by atoms with van der Waals surface area (Å²) in [6.07, 6.45) is -0.362. The fourth-order valence-electron chi connectivity index (χ4n) is 1.79. The van der Waals surface area contributed by atoms with Gasteiger partial charge in [0, 0.05) is 0 Å². The molecule has 0 aromatic rings. The van der Waals surface area contributed by atoms with Crippen molar-refractivity contribution in [1.82, 2.24) is 4.31 Å². The van der Waals surface area contributed by atoms with Crippen LogP contribution in [0, 0.1) is 5.92 Å². The highest BCUT2D eigenvalue weighted by Gasteiger charge is 2.62. The SMILES string of the molecule is CC(C)C(CC(=O)O)N1C(=O)C(C)(C)S1(=O)=O. The summed E-state index contributed by atoms with van der Waals surface area (Å²) < 4.78 is 23.1. The Morgan fingerprint density at radius 2 is 1.88 bits per heavy atom. The molecule has 1 aliphatic heterocycles. The number of hydrogen-bond acceptors (Lipinski definition) is 4. The highest BCUT2D eigenvalue weighted by Crippen LogP contribution is 2.39. The molecule has 0 radical (unpaired) electrons. The smallest absolute Gasteiger partial charge is 0.305 e. The molecule has 1 unspecified atom stereocenters. The zero-order valence-electron chi connectivity index (χ0n) is 10.3. The van der Waals surface area contributed by atoms with Gasteiger partial charge < -0.3 is 5.11 Å². The van der Waals surface area contributed by atoms with E-state index in [1.807, 2.05) is 0 Å². The van der Waals surface area contributed by atoms with Gasteiger partial charge in [-0.15, -0.1) is 0 Å². The van der Waals surface area contributed by atoms with Crippen LogP contribution < -0.4 is 0 Å². The number of hydrogen-bond donors (Lipinski definition) is 1. The number of nitrogens with zero attached hydrogens (tertiary/aromatic N) is 1. The fourth-order valence-corrected chi connectivity index (χ4v) is 3.59. The molecule has 1 saturated heterocycles. The van der Waals surface area contributed by atoms with E-state index in [0.717, 1.165) is 4.31 Å². The summed E-state index contributed by atoms with van der Waals surface area (Å²) >= 11 is 0. The van der Waals surface area contributed by atoms with Crippen LogP contribution in [0.3, 0.4) is 0 Å². The lowest BCUT2D eigenvalue weighted by Crippen LogP contribution is -2.70. The number of carboxylic acid groups (broad SMARTS) is 1. The molecule has 1 amide bonds. The summed E-state index contributed by atoms with van der Waals surface area (Å²) in [5, 5.41) is 8.76. The van der Waals surface area contributed by atoms with E-state index in [-0.39, 0.29) is 12.3 Å². The summed E-state index contributed by atoms with van der Waals surface area (Å²) in [6, 6.07) is -0.807. The van der Waals surface area contributed by atoms with E-state index in [4.69, 9.17) is 5.11 Å². The van der Waals surface area contributed by atoms with Crippen molar-refractivity contribution in [2.75, 3.05) is 0 Å². The lowest BCUT2D eigenvalue weighted by molar-refractivity contribution is -0.141. The summed E-state index contributed by atoms with van der Waals surface area (Å²) in [5.74, 6) is -1.88. The summed E-state index contributed by atoms with van der Waals surface area (Å²) in [7, 11) is -3.72. The van der Waals surface area contributed by atoms with Crippen molar-refractivity contribution in [1.29, 1.82) is 0 Å². The minimum atomic E-state index is -3.72. The molecule has 1 rings (SSSR count). The van der Waals surface area contributed by atoms with Gasteiger partial charge in [0.05, 0.1) is 12.5 Å². The predicted octanol–water partition coefficient (Wildman–Crippen LogP) is 0.436. The van der Waals surface area contributed by atoms with Gasteiger partial charge in [-0.3, -0.25) is 9.59 Å². The van der Waals surface area contributed by atoms with Gasteiger partial charge in [0.2, 0.25) is 0 Å². The highest BCUT2D eigenvalue weighted by molar-refractivity contribution is 7.94. The molecule has 1 fully saturated rings. The van der Waals surface area contributed by atoms with E-state index in [1.54, 1.807) is 13.8 Å². The maximum atomic E-state index is 11.9. The molecule has 1 atom stereocenters. The van der Waals surface area contributed by atoms with Gasteiger partial charge in [-0.25, -0.2) is 12.7 Å². The fraction of sp³-hybridized carbons (Fsp3) is 0.800. The Morgan fingerprint density at radius 3 is 2.18 bits per heavy atom. The molecule has 0 aromatic carbocycles. The molecular formula is C10H17NO5S. The van der Waals surface area contributed by atoms with Crippen molar-refractivity contribution in [3.8, 4) is 0 Å². The Morgan fingerprint density at radius 1 is 1.41 bits per heavy atom. The molecule has 1 heterocycles. The first-order chi connectivity index (χ1) is 7.53. The second kappa shape index (κ2) is 3.97. The summed E-state index contributed by atoms with van der Waals surface area (Å²) in [4.78, 5) is 22.5. The van der Waals surface area contributed by atoms with Crippen LogP contribution in [0.15, 0.2) is 0 Å². The quantitative estimate of drug-likeness (QED) is 0.794. The predicted molar refractivity (Wildman–Crippen MR) is 60.7 cm³/mol. The first-order valence-electron chi connectivity index (χ1n) is 5.33. The van der Waals surface area contributed by atoms with Crippen molar-refractivity contribution in [3.63, 3.8) is 0 Å². The number of aliphatic carboxylic acids is 1. The summed E-state index contributed by atoms with van der Waals surface area (Å²) in [5.41, 5.74) is 0. The number of carbonyl (C=O) groups excluding carboxylic acids is 1. The van der Waals surface area contributed by atoms with Crippen LogP contribution in [0.5, 0.6) is 0 Å². The maximum Gasteiger partial charge on any atom is 0.305 e. The van der Waals surface area contributed by atoms with Crippen LogP contribution in [0.1, 0.15) is 34.1 Å². The minimum absolute atomic E-state index is 0.235. The molecule has 98 valence electrons.